The van der Waals surface area contributed by atoms with Crippen LogP contribution in [0.5, 0.6) is 0 Å². The van der Waals surface area contributed by atoms with Gasteiger partial charge in [-0.15, -0.1) is 0 Å². The lowest BCUT2D eigenvalue weighted by Gasteiger charge is -2.40. The van der Waals surface area contributed by atoms with Crippen LogP contribution in [-0.4, -0.2) is 59.6 Å². The lowest BCUT2D eigenvalue weighted by Crippen LogP contribution is -2.41. The molecule has 2 saturated heterocycles. The average Bonchev–Trinajstić information content (AvgIpc) is 3.18. The average molecular weight is 402 g/mol. The van der Waals surface area contributed by atoms with E-state index < -0.39 is 0 Å². The topological polar surface area (TPSA) is 61.3 Å². The van der Waals surface area contributed by atoms with E-state index in [-0.39, 0.29) is 0 Å². The Morgan fingerprint density at radius 3 is 2.04 bits per heavy atom. The van der Waals surface area contributed by atoms with Gasteiger partial charge in [0.05, 0.1) is 0 Å². The van der Waals surface area contributed by atoms with Crippen LogP contribution >= 0.6 is 11.5 Å². The monoisotopic (exact) mass is 401 g/mol. The Bertz CT molecular complexity index is 769. The minimum absolute atomic E-state index is 0.824. The van der Waals surface area contributed by atoms with Crippen molar-refractivity contribution < 1.29 is 0 Å². The van der Waals surface area contributed by atoms with E-state index in [4.69, 9.17) is 0 Å². The summed E-state index contributed by atoms with van der Waals surface area (Å²) in [6.07, 6.45) is 5.09. The van der Waals surface area contributed by atoms with Crippen LogP contribution in [0.4, 0.5) is 16.9 Å². The van der Waals surface area contributed by atoms with E-state index in [1.807, 2.05) is 25.9 Å². The zero-order valence-electron chi connectivity index (χ0n) is 17.4. The molecule has 152 valence electrons. The second kappa shape index (κ2) is 8.19. The summed E-state index contributed by atoms with van der Waals surface area (Å²) in [5, 5.41) is 1.08. The largest absolute Gasteiger partial charge is 0.356 e. The van der Waals surface area contributed by atoms with Crippen LogP contribution in [0.15, 0.2) is 6.07 Å². The molecule has 0 amide bonds. The first-order valence-corrected chi connectivity index (χ1v) is 11.1. The lowest BCUT2D eigenvalue weighted by atomic mass is 9.79. The predicted molar refractivity (Wildman–Crippen MR) is 116 cm³/mol. The van der Waals surface area contributed by atoms with Gasteiger partial charge in [0.1, 0.15) is 11.6 Å². The maximum Gasteiger partial charge on any atom is 0.238 e. The molecule has 2 aromatic heterocycles. The van der Waals surface area contributed by atoms with Crippen molar-refractivity contribution >= 4 is 28.4 Å². The second-order valence-electron chi connectivity index (χ2n) is 8.34. The zero-order chi connectivity index (χ0) is 19.7. The van der Waals surface area contributed by atoms with Crippen LogP contribution in [0.2, 0.25) is 0 Å². The van der Waals surface area contributed by atoms with E-state index in [0.717, 1.165) is 66.4 Å². The number of aromatic nitrogens is 4. The molecule has 4 heterocycles. The lowest BCUT2D eigenvalue weighted by molar-refractivity contribution is 0.232. The summed E-state index contributed by atoms with van der Waals surface area (Å²) < 4.78 is 4.45. The van der Waals surface area contributed by atoms with Crippen molar-refractivity contribution in [2.24, 2.45) is 11.8 Å². The van der Waals surface area contributed by atoms with E-state index >= 15 is 0 Å². The van der Waals surface area contributed by atoms with E-state index in [9.17, 15) is 0 Å². The Morgan fingerprint density at radius 1 is 0.893 bits per heavy atom. The molecule has 0 N–H and O–H groups in total. The Morgan fingerprint density at radius 2 is 1.50 bits per heavy atom. The molecule has 2 aliphatic rings. The summed E-state index contributed by atoms with van der Waals surface area (Å²) >= 11 is 1.53. The van der Waals surface area contributed by atoms with Gasteiger partial charge in [-0.25, -0.2) is 9.97 Å². The number of rotatable bonds is 4. The Hall–Kier alpha value is -1.96. The minimum Gasteiger partial charge on any atom is -0.356 e. The molecule has 2 fully saturated rings. The van der Waals surface area contributed by atoms with Crippen molar-refractivity contribution in [3.8, 4) is 0 Å². The van der Waals surface area contributed by atoms with E-state index in [0.29, 0.717) is 0 Å². The van der Waals surface area contributed by atoms with Crippen molar-refractivity contribution in [2.75, 3.05) is 55.0 Å². The maximum absolute atomic E-state index is 4.67. The number of hydrogen-bond acceptors (Lipinski definition) is 8. The summed E-state index contributed by atoms with van der Waals surface area (Å²) in [5.41, 5.74) is 1.06. The molecule has 0 aromatic carbocycles. The molecule has 4 rings (SSSR count). The SMILES string of the molecule is Cc1cc(N2CCC(C3CCN(c4nc(N(C)C)ns4)CC3)CC2)nc(C)n1. The molecule has 0 unspecified atom stereocenters. The van der Waals surface area contributed by atoms with Crippen LogP contribution in [0.25, 0.3) is 0 Å². The maximum atomic E-state index is 4.67. The molecule has 8 heteroatoms. The van der Waals surface area contributed by atoms with Gasteiger partial charge in [0, 0.05) is 63.6 Å². The fourth-order valence-corrected chi connectivity index (χ4v) is 5.33. The third-order valence-corrected chi connectivity index (χ3v) is 6.86. The van der Waals surface area contributed by atoms with Crippen molar-refractivity contribution in [2.45, 2.75) is 39.5 Å². The second-order valence-corrected chi connectivity index (χ2v) is 9.07. The number of anilines is 3. The predicted octanol–water partition coefficient (Wildman–Crippen LogP) is 3.14. The van der Waals surface area contributed by atoms with Crippen molar-refractivity contribution in [1.29, 1.82) is 0 Å². The number of hydrogen-bond donors (Lipinski definition) is 0. The van der Waals surface area contributed by atoms with Gasteiger partial charge in [-0.2, -0.15) is 9.36 Å². The van der Waals surface area contributed by atoms with Gasteiger partial charge >= 0.3 is 0 Å². The fourth-order valence-electron chi connectivity index (χ4n) is 4.54. The van der Waals surface area contributed by atoms with Gasteiger partial charge in [-0.3, -0.25) is 0 Å². The van der Waals surface area contributed by atoms with Gasteiger partial charge < -0.3 is 14.7 Å². The van der Waals surface area contributed by atoms with Crippen molar-refractivity contribution in [3.63, 3.8) is 0 Å². The molecular weight excluding hydrogens is 370 g/mol. The Balaban J connectivity index is 1.29. The molecule has 2 aliphatic heterocycles. The van der Waals surface area contributed by atoms with Gasteiger partial charge in [0.2, 0.25) is 11.1 Å². The highest BCUT2D eigenvalue weighted by atomic mass is 32.1. The fraction of sp³-hybridized carbons (Fsp3) is 0.700. The van der Waals surface area contributed by atoms with Crippen LogP contribution in [0.1, 0.15) is 37.2 Å². The van der Waals surface area contributed by atoms with E-state index in [2.05, 4.69) is 42.1 Å². The molecule has 0 atom stereocenters. The summed E-state index contributed by atoms with van der Waals surface area (Å²) in [4.78, 5) is 20.6. The Kier molecular flexibility index (Phi) is 5.66. The van der Waals surface area contributed by atoms with Gasteiger partial charge in [-0.05, 0) is 51.4 Å². The molecule has 7 nitrogen and oxygen atoms in total. The third-order valence-electron chi connectivity index (χ3n) is 6.10. The number of piperidine rings is 2. The standard InChI is InChI=1S/C20H31N7S/c1-14-13-18(22-15(2)21-14)26-9-5-16(6-10-26)17-7-11-27(12-8-17)20-23-19(24-28-20)25(3)4/h13,16-17H,5-12H2,1-4H3. The summed E-state index contributed by atoms with van der Waals surface area (Å²) in [5.74, 6) is 4.48. The van der Waals surface area contributed by atoms with Crippen LogP contribution in [0.3, 0.4) is 0 Å². The van der Waals surface area contributed by atoms with Crippen molar-refractivity contribution in [3.05, 3.63) is 17.6 Å². The van der Waals surface area contributed by atoms with E-state index in [1.165, 1.54) is 37.2 Å². The number of aryl methyl sites for hydroxylation is 2. The molecule has 28 heavy (non-hydrogen) atoms. The van der Waals surface area contributed by atoms with E-state index in [1.54, 1.807) is 0 Å². The highest BCUT2D eigenvalue weighted by Crippen LogP contribution is 2.35. The highest BCUT2D eigenvalue weighted by molar-refractivity contribution is 7.09. The summed E-state index contributed by atoms with van der Waals surface area (Å²) in [6.45, 7) is 8.48. The zero-order valence-corrected chi connectivity index (χ0v) is 18.2. The highest BCUT2D eigenvalue weighted by Gasteiger charge is 2.31. The first-order valence-electron chi connectivity index (χ1n) is 10.3. The first kappa shape index (κ1) is 19.4. The van der Waals surface area contributed by atoms with Gasteiger partial charge in [-0.1, -0.05) is 0 Å². The van der Waals surface area contributed by atoms with Crippen LogP contribution < -0.4 is 14.7 Å². The smallest absolute Gasteiger partial charge is 0.238 e. The normalized spacial score (nSPS) is 19.3. The summed E-state index contributed by atoms with van der Waals surface area (Å²) in [6, 6.07) is 2.12. The molecule has 2 aromatic rings. The molecule has 0 saturated carbocycles. The molecule has 0 spiro atoms. The first-order chi connectivity index (χ1) is 13.5. The van der Waals surface area contributed by atoms with Crippen LogP contribution in [0, 0.1) is 25.7 Å². The summed E-state index contributed by atoms with van der Waals surface area (Å²) in [7, 11) is 3.99. The third kappa shape index (κ3) is 4.21. The molecule has 0 aliphatic carbocycles. The molecule has 0 bridgehead atoms. The number of nitrogens with zero attached hydrogens (tertiary/aromatic N) is 7. The molecular formula is C20H31N7S. The van der Waals surface area contributed by atoms with Gasteiger partial charge in [0.15, 0.2) is 0 Å². The Labute approximate surface area is 172 Å². The molecule has 0 radical (unpaired) electrons. The minimum atomic E-state index is 0.824. The van der Waals surface area contributed by atoms with Crippen molar-refractivity contribution in [1.82, 2.24) is 19.3 Å². The van der Waals surface area contributed by atoms with Crippen LogP contribution in [-0.2, 0) is 0 Å². The quantitative estimate of drug-likeness (QED) is 0.780. The van der Waals surface area contributed by atoms with Gasteiger partial charge in [0.25, 0.3) is 0 Å².